The van der Waals surface area contributed by atoms with Gasteiger partial charge in [0.1, 0.15) is 0 Å². The van der Waals surface area contributed by atoms with Gasteiger partial charge >= 0.3 is 83.5 Å². The van der Waals surface area contributed by atoms with Gasteiger partial charge < -0.3 is 0 Å². The predicted molar refractivity (Wildman–Crippen MR) is 52.8 cm³/mol. The normalized spacial score (nSPS) is 27.6. The summed E-state index contributed by atoms with van der Waals surface area (Å²) in [6.45, 7) is 4.45. The summed E-state index contributed by atoms with van der Waals surface area (Å²) < 4.78 is 13.1. The second-order valence-corrected chi connectivity index (χ2v) is 5.83. The third-order valence-corrected chi connectivity index (χ3v) is 3.47. The summed E-state index contributed by atoms with van der Waals surface area (Å²) in [7, 11) is -4.48. The van der Waals surface area contributed by atoms with E-state index in [0.717, 1.165) is 25.7 Å². The first-order chi connectivity index (χ1) is 6.48. The average Bonchev–Trinajstić information content (AvgIpc) is 2.79. The van der Waals surface area contributed by atoms with Gasteiger partial charge in [0.25, 0.3) is 0 Å². The van der Waals surface area contributed by atoms with Crippen molar-refractivity contribution in [2.45, 2.75) is 39.5 Å². The van der Waals surface area contributed by atoms with Crippen LogP contribution in [-0.2, 0) is 13.9 Å². The standard InChI is InChI=1S/C8H19O5P/c1-3-5-6-8(4-2)7-11-14(9,10)12-13-14/h8-10H,3-7H2,1-2H3. The Morgan fingerprint density at radius 2 is 1.93 bits per heavy atom. The van der Waals surface area contributed by atoms with E-state index in [0.29, 0.717) is 5.92 Å². The fraction of sp³-hybridized carbons (Fsp3) is 1.00. The van der Waals surface area contributed by atoms with Crippen molar-refractivity contribution in [2.75, 3.05) is 6.61 Å². The molecule has 1 aliphatic heterocycles. The molecule has 0 aliphatic carbocycles. The molecule has 1 atom stereocenters. The van der Waals surface area contributed by atoms with E-state index in [-0.39, 0.29) is 6.61 Å². The minimum atomic E-state index is -4.48. The summed E-state index contributed by atoms with van der Waals surface area (Å²) in [5, 5.41) is 0. The molecule has 14 heavy (non-hydrogen) atoms. The van der Waals surface area contributed by atoms with E-state index in [2.05, 4.69) is 16.3 Å². The first kappa shape index (κ1) is 12.3. The van der Waals surface area contributed by atoms with E-state index >= 15 is 0 Å². The maximum absolute atomic E-state index is 9.18. The van der Waals surface area contributed by atoms with E-state index in [9.17, 15) is 9.79 Å². The minimum absolute atomic E-state index is 0.279. The van der Waals surface area contributed by atoms with E-state index in [1.165, 1.54) is 0 Å². The fourth-order valence-corrected chi connectivity index (χ4v) is 2.12. The van der Waals surface area contributed by atoms with Gasteiger partial charge in [-0.05, 0) is 0 Å². The zero-order valence-electron chi connectivity index (χ0n) is 8.68. The molecule has 0 radical (unpaired) electrons. The topological polar surface area (TPSA) is 74.8 Å². The van der Waals surface area contributed by atoms with Gasteiger partial charge in [-0.2, -0.15) is 0 Å². The summed E-state index contributed by atoms with van der Waals surface area (Å²) in [4.78, 5) is 18.4. The van der Waals surface area contributed by atoms with Crippen LogP contribution in [-0.4, -0.2) is 16.4 Å². The molecule has 6 heteroatoms. The molecule has 0 aromatic rings. The summed E-state index contributed by atoms with van der Waals surface area (Å²) in [5.74, 6) is 0.334. The molecule has 0 bridgehead atoms. The van der Waals surface area contributed by atoms with Gasteiger partial charge in [0.15, 0.2) is 0 Å². The molecular formula is C8H19O5P. The Morgan fingerprint density at radius 3 is 2.36 bits per heavy atom. The van der Waals surface area contributed by atoms with Gasteiger partial charge in [-0.25, -0.2) is 0 Å². The molecule has 0 aromatic heterocycles. The summed E-state index contributed by atoms with van der Waals surface area (Å²) in [6.07, 6.45) is 4.23. The van der Waals surface area contributed by atoms with Crippen LogP contribution in [0.15, 0.2) is 0 Å². The van der Waals surface area contributed by atoms with E-state index in [4.69, 9.17) is 4.52 Å². The van der Waals surface area contributed by atoms with Gasteiger partial charge in [-0.1, -0.05) is 0 Å². The van der Waals surface area contributed by atoms with Crippen molar-refractivity contribution < 1.29 is 23.7 Å². The van der Waals surface area contributed by atoms with E-state index in [1.54, 1.807) is 0 Å². The van der Waals surface area contributed by atoms with Crippen molar-refractivity contribution in [3.8, 4) is 0 Å². The molecule has 1 saturated heterocycles. The van der Waals surface area contributed by atoms with Crippen LogP contribution in [0.25, 0.3) is 0 Å². The Labute approximate surface area is 84.2 Å². The van der Waals surface area contributed by atoms with Gasteiger partial charge in [0.05, 0.1) is 0 Å². The molecule has 0 saturated carbocycles. The van der Waals surface area contributed by atoms with Crippen molar-refractivity contribution in [3.63, 3.8) is 0 Å². The van der Waals surface area contributed by atoms with Gasteiger partial charge in [0.2, 0.25) is 0 Å². The summed E-state index contributed by atoms with van der Waals surface area (Å²) in [5.41, 5.74) is 0. The number of hydrogen-bond acceptors (Lipinski definition) is 5. The maximum atomic E-state index is 9.18. The first-order valence-electron chi connectivity index (χ1n) is 5.04. The van der Waals surface area contributed by atoms with Gasteiger partial charge in [-0.15, -0.1) is 0 Å². The molecule has 2 N–H and O–H groups in total. The van der Waals surface area contributed by atoms with Gasteiger partial charge in [0, 0.05) is 0 Å². The Kier molecular flexibility index (Phi) is 3.86. The summed E-state index contributed by atoms with van der Waals surface area (Å²) >= 11 is 0. The van der Waals surface area contributed by atoms with E-state index in [1.807, 2.05) is 6.92 Å². The first-order valence-corrected chi connectivity index (χ1v) is 6.94. The van der Waals surface area contributed by atoms with Crippen molar-refractivity contribution in [2.24, 2.45) is 5.92 Å². The molecule has 0 amide bonds. The predicted octanol–water partition coefficient (Wildman–Crippen LogP) is 2.29. The van der Waals surface area contributed by atoms with Crippen LogP contribution in [0.4, 0.5) is 0 Å². The Balaban J connectivity index is 2.21. The van der Waals surface area contributed by atoms with Crippen LogP contribution < -0.4 is 0 Å². The second kappa shape index (κ2) is 4.39. The Bertz CT molecular complexity index is 188. The average molecular weight is 226 g/mol. The van der Waals surface area contributed by atoms with Crippen molar-refractivity contribution in [1.82, 2.24) is 0 Å². The van der Waals surface area contributed by atoms with Crippen LogP contribution in [0.5, 0.6) is 0 Å². The number of unbranched alkanes of at least 4 members (excludes halogenated alkanes) is 1. The SMILES string of the molecule is CCCCC(CC)COP1(O)(O)OO1. The van der Waals surface area contributed by atoms with Gasteiger partial charge in [-0.3, -0.25) is 0 Å². The Hall–Kier alpha value is 0.230. The van der Waals surface area contributed by atoms with Crippen LogP contribution in [0.1, 0.15) is 39.5 Å². The molecule has 86 valence electrons. The third kappa shape index (κ3) is 3.77. The van der Waals surface area contributed by atoms with Crippen LogP contribution in [0.3, 0.4) is 0 Å². The molecule has 1 heterocycles. The van der Waals surface area contributed by atoms with Crippen molar-refractivity contribution in [1.29, 1.82) is 0 Å². The molecule has 0 aromatic carbocycles. The molecule has 1 rings (SSSR count). The monoisotopic (exact) mass is 226 g/mol. The molecule has 0 spiro atoms. The quantitative estimate of drug-likeness (QED) is 0.395. The van der Waals surface area contributed by atoms with Crippen LogP contribution >= 0.6 is 7.74 Å². The number of rotatable bonds is 7. The van der Waals surface area contributed by atoms with E-state index < -0.39 is 7.74 Å². The molecule has 1 aliphatic rings. The molecule has 1 unspecified atom stereocenters. The molecule has 1 fully saturated rings. The molecular weight excluding hydrogens is 207 g/mol. The van der Waals surface area contributed by atoms with Crippen molar-refractivity contribution in [3.05, 3.63) is 0 Å². The Morgan fingerprint density at radius 1 is 1.29 bits per heavy atom. The number of hydrogen-bond donors (Lipinski definition) is 2. The second-order valence-electron chi connectivity index (χ2n) is 3.66. The third-order valence-electron chi connectivity index (χ3n) is 2.34. The van der Waals surface area contributed by atoms with Crippen LogP contribution in [0, 0.1) is 5.92 Å². The zero-order chi connectivity index (χ0) is 10.7. The van der Waals surface area contributed by atoms with Crippen LogP contribution in [0.2, 0.25) is 0 Å². The van der Waals surface area contributed by atoms with Crippen molar-refractivity contribution >= 4 is 7.74 Å². The summed E-state index contributed by atoms with van der Waals surface area (Å²) in [6, 6.07) is 0. The zero-order valence-corrected chi connectivity index (χ0v) is 9.57. The molecule has 5 nitrogen and oxygen atoms in total. The fourth-order valence-electron chi connectivity index (χ4n) is 1.22.